The second kappa shape index (κ2) is 12.4. The minimum atomic E-state index is -0.634. The molecule has 4 aromatic rings. The molecule has 0 radical (unpaired) electrons. The molecule has 4 N–H and O–H groups in total. The number of carbonyl (C=O) groups excluding carboxylic acids is 1. The predicted octanol–water partition coefficient (Wildman–Crippen LogP) is 5.33. The number of benzene rings is 2. The zero-order chi connectivity index (χ0) is 29.1. The number of aryl methyl sites for hydroxylation is 1. The number of halogens is 1. The van der Waals surface area contributed by atoms with Gasteiger partial charge >= 0.3 is 0 Å². The monoisotopic (exact) mass is 569 g/mol. The van der Waals surface area contributed by atoms with Crippen LogP contribution in [-0.4, -0.2) is 57.2 Å². The van der Waals surface area contributed by atoms with Crippen LogP contribution >= 0.6 is 0 Å². The van der Waals surface area contributed by atoms with Gasteiger partial charge in [-0.3, -0.25) is 9.69 Å². The van der Waals surface area contributed by atoms with Crippen LogP contribution in [-0.2, 0) is 0 Å². The Hall–Kier alpha value is -4.15. The van der Waals surface area contributed by atoms with E-state index in [0.717, 1.165) is 61.4 Å². The molecule has 1 aliphatic carbocycles. The van der Waals surface area contributed by atoms with E-state index in [4.69, 9.17) is 0 Å². The molecule has 0 unspecified atom stereocenters. The Labute approximate surface area is 244 Å². The van der Waals surface area contributed by atoms with Gasteiger partial charge in [0.2, 0.25) is 5.95 Å². The highest BCUT2D eigenvalue weighted by molar-refractivity contribution is 6.11. The number of nitrogens with one attached hydrogen (secondary N) is 3. The molecule has 2 fully saturated rings. The molecule has 2 aromatic heterocycles. The lowest BCUT2D eigenvalue weighted by molar-refractivity contribution is 0.0968. The average molecular weight is 570 g/mol. The first-order chi connectivity index (χ1) is 20.5. The quantitative estimate of drug-likeness (QED) is 0.236. The van der Waals surface area contributed by atoms with Crippen molar-refractivity contribution in [2.45, 2.75) is 63.6 Å². The third kappa shape index (κ3) is 6.05. The molecule has 1 saturated carbocycles. The lowest BCUT2D eigenvalue weighted by Crippen LogP contribution is -2.49. The number of aliphatic hydroxyl groups excluding tert-OH is 1. The molecule has 9 nitrogen and oxygen atoms in total. The lowest BCUT2D eigenvalue weighted by Gasteiger charge is -2.35. The van der Waals surface area contributed by atoms with E-state index in [1.165, 1.54) is 12.1 Å². The van der Waals surface area contributed by atoms with Crippen LogP contribution in [0.1, 0.15) is 54.4 Å². The lowest BCUT2D eigenvalue weighted by atomic mass is 9.93. The van der Waals surface area contributed by atoms with Crippen LogP contribution in [0.15, 0.2) is 60.9 Å². The largest absolute Gasteiger partial charge is 0.393 e. The number of carbonyl (C=O) groups is 1. The summed E-state index contributed by atoms with van der Waals surface area (Å²) in [7, 11) is 0. The summed E-state index contributed by atoms with van der Waals surface area (Å²) in [6.45, 7) is 3.50. The van der Waals surface area contributed by atoms with E-state index < -0.39 is 11.7 Å². The van der Waals surface area contributed by atoms with E-state index in [-0.39, 0.29) is 23.8 Å². The number of pyridine rings is 1. The van der Waals surface area contributed by atoms with Gasteiger partial charge in [0.05, 0.1) is 17.7 Å². The number of aromatic nitrogens is 3. The number of fused-ring (bicyclic) bond motifs is 1. The smallest absolute Gasteiger partial charge is 0.262 e. The van der Waals surface area contributed by atoms with Crippen molar-refractivity contribution in [1.29, 1.82) is 0 Å². The zero-order valence-corrected chi connectivity index (χ0v) is 23.7. The SMILES string of the molecule is Cc1cccc2ccnc(N(C(=O)c3ccc(Nc4nccc(NC5CCC(O)CC5)n4)cc3F)[C@@H]3CCCNC3)c12. The molecule has 42 heavy (non-hydrogen) atoms. The average Bonchev–Trinajstić information content (AvgIpc) is 2.99. The summed E-state index contributed by atoms with van der Waals surface area (Å²) in [4.78, 5) is 29.2. The van der Waals surface area contributed by atoms with Crippen molar-refractivity contribution in [2.24, 2.45) is 0 Å². The molecule has 1 aliphatic heterocycles. The number of hydrogen-bond donors (Lipinski definition) is 4. The second-order valence-electron chi connectivity index (χ2n) is 11.2. The molecule has 1 saturated heterocycles. The summed E-state index contributed by atoms with van der Waals surface area (Å²) in [5.41, 5.74) is 1.43. The molecular formula is C32H36FN7O2. The Morgan fingerprint density at radius 1 is 1.05 bits per heavy atom. The maximum Gasteiger partial charge on any atom is 0.262 e. The van der Waals surface area contributed by atoms with Gasteiger partial charge in [0, 0.05) is 36.1 Å². The van der Waals surface area contributed by atoms with Crippen molar-refractivity contribution in [2.75, 3.05) is 28.6 Å². The van der Waals surface area contributed by atoms with Crippen LogP contribution in [0.5, 0.6) is 0 Å². The van der Waals surface area contributed by atoms with Gasteiger partial charge in [0.15, 0.2) is 0 Å². The summed E-state index contributed by atoms with van der Waals surface area (Å²) >= 11 is 0. The fourth-order valence-corrected chi connectivity index (χ4v) is 6.01. The fourth-order valence-electron chi connectivity index (χ4n) is 6.01. The Kier molecular flexibility index (Phi) is 8.25. The first-order valence-corrected chi connectivity index (χ1v) is 14.7. The molecular weight excluding hydrogens is 533 g/mol. The normalized spacial score (nSPS) is 20.7. The topological polar surface area (TPSA) is 115 Å². The number of hydrogen-bond acceptors (Lipinski definition) is 8. The van der Waals surface area contributed by atoms with Crippen LogP contribution in [0.25, 0.3) is 10.8 Å². The van der Waals surface area contributed by atoms with Gasteiger partial charge in [-0.2, -0.15) is 4.98 Å². The molecule has 1 atom stereocenters. The molecule has 0 spiro atoms. The number of piperidine rings is 1. The third-order valence-corrected chi connectivity index (χ3v) is 8.22. The van der Waals surface area contributed by atoms with Crippen molar-refractivity contribution in [3.63, 3.8) is 0 Å². The van der Waals surface area contributed by atoms with E-state index in [2.05, 4.69) is 30.9 Å². The molecule has 10 heteroatoms. The highest BCUT2D eigenvalue weighted by Crippen LogP contribution is 2.32. The van der Waals surface area contributed by atoms with Gasteiger partial charge in [-0.15, -0.1) is 0 Å². The summed E-state index contributed by atoms with van der Waals surface area (Å²) in [6, 6.07) is 14.3. The summed E-state index contributed by atoms with van der Waals surface area (Å²) in [5.74, 6) is 0.480. The number of nitrogens with zero attached hydrogens (tertiary/aromatic N) is 4. The van der Waals surface area contributed by atoms with Crippen LogP contribution in [0.4, 0.5) is 27.7 Å². The van der Waals surface area contributed by atoms with E-state index in [9.17, 15) is 9.90 Å². The van der Waals surface area contributed by atoms with Crippen molar-refractivity contribution in [3.8, 4) is 0 Å². The fraction of sp³-hybridized carbons (Fsp3) is 0.375. The predicted molar refractivity (Wildman–Crippen MR) is 163 cm³/mol. The number of aliphatic hydroxyl groups is 1. The minimum Gasteiger partial charge on any atom is -0.393 e. The van der Waals surface area contributed by atoms with Crippen molar-refractivity contribution in [1.82, 2.24) is 20.3 Å². The second-order valence-corrected chi connectivity index (χ2v) is 11.2. The number of rotatable bonds is 7. The maximum atomic E-state index is 15.7. The Balaban J connectivity index is 1.25. The first kappa shape index (κ1) is 28.0. The van der Waals surface area contributed by atoms with E-state index in [1.54, 1.807) is 29.4 Å². The highest BCUT2D eigenvalue weighted by atomic mass is 19.1. The summed E-state index contributed by atoms with van der Waals surface area (Å²) in [5, 5.41) is 21.5. The van der Waals surface area contributed by atoms with Gasteiger partial charge < -0.3 is 21.1 Å². The molecule has 0 bridgehead atoms. The first-order valence-electron chi connectivity index (χ1n) is 14.7. The minimum absolute atomic E-state index is 0.0191. The van der Waals surface area contributed by atoms with Crippen LogP contribution in [0.2, 0.25) is 0 Å². The van der Waals surface area contributed by atoms with Gasteiger partial charge in [0.25, 0.3) is 5.91 Å². The van der Waals surface area contributed by atoms with Crippen LogP contribution in [0, 0.1) is 12.7 Å². The molecule has 218 valence electrons. The standard InChI is InChI=1S/C32H36FN7O2/c1-20-4-2-5-21-13-16-35-30(29(20)21)40(24-6-3-15-34-19-24)31(42)26-12-9-23(18-27(26)33)38-32-36-17-14-28(39-32)37-22-7-10-25(41)11-8-22/h2,4-5,9,12-14,16-18,22,24-25,34,41H,3,6-8,10-11,15,19H2,1H3,(H2,36,37,38,39)/t22?,24-,25?/m1/s1. The van der Waals surface area contributed by atoms with E-state index >= 15 is 4.39 Å². The molecule has 2 aromatic carbocycles. The summed E-state index contributed by atoms with van der Waals surface area (Å²) < 4.78 is 15.7. The van der Waals surface area contributed by atoms with Crippen molar-refractivity contribution in [3.05, 3.63) is 77.9 Å². The Bertz CT molecular complexity index is 1560. The van der Waals surface area contributed by atoms with Crippen molar-refractivity contribution >= 4 is 40.0 Å². The highest BCUT2D eigenvalue weighted by Gasteiger charge is 2.31. The number of amides is 1. The maximum absolute atomic E-state index is 15.7. The molecule has 3 heterocycles. The van der Waals surface area contributed by atoms with Gasteiger partial charge in [0.1, 0.15) is 17.5 Å². The van der Waals surface area contributed by atoms with Crippen LogP contribution < -0.4 is 20.9 Å². The van der Waals surface area contributed by atoms with Crippen LogP contribution in [0.3, 0.4) is 0 Å². The molecule has 1 amide bonds. The van der Waals surface area contributed by atoms with E-state index in [0.29, 0.717) is 29.8 Å². The number of anilines is 4. The van der Waals surface area contributed by atoms with Gasteiger partial charge in [-0.1, -0.05) is 18.2 Å². The Morgan fingerprint density at radius 3 is 2.67 bits per heavy atom. The Morgan fingerprint density at radius 2 is 1.88 bits per heavy atom. The zero-order valence-electron chi connectivity index (χ0n) is 23.7. The summed E-state index contributed by atoms with van der Waals surface area (Å²) in [6.07, 6.45) is 8.11. The van der Waals surface area contributed by atoms with Crippen molar-refractivity contribution < 1.29 is 14.3 Å². The third-order valence-electron chi connectivity index (χ3n) is 8.22. The van der Waals surface area contributed by atoms with Gasteiger partial charge in [-0.05, 0) is 93.3 Å². The molecule has 2 aliphatic rings. The van der Waals surface area contributed by atoms with E-state index in [1.807, 2.05) is 31.2 Å². The van der Waals surface area contributed by atoms with Gasteiger partial charge in [-0.25, -0.2) is 14.4 Å². The molecule has 6 rings (SSSR count).